The van der Waals surface area contributed by atoms with Crippen LogP contribution in [0.1, 0.15) is 37.8 Å². The van der Waals surface area contributed by atoms with E-state index in [-0.39, 0.29) is 11.9 Å². The lowest BCUT2D eigenvalue weighted by Crippen LogP contribution is -2.21. The molecule has 2 aromatic rings. The Kier molecular flexibility index (Phi) is 6.84. The van der Waals surface area contributed by atoms with E-state index in [2.05, 4.69) is 15.6 Å². The zero-order valence-corrected chi connectivity index (χ0v) is 13.1. The molecule has 1 unspecified atom stereocenters. The third kappa shape index (κ3) is 5.82. The van der Waals surface area contributed by atoms with Crippen LogP contribution in [0.2, 0.25) is 0 Å². The highest BCUT2D eigenvalue weighted by Crippen LogP contribution is 2.18. The summed E-state index contributed by atoms with van der Waals surface area (Å²) >= 11 is 0. The molecule has 4 heteroatoms. The molecule has 1 fully saturated rings. The second kappa shape index (κ2) is 9.15. The highest BCUT2D eigenvalue weighted by atomic mass is 19.1. The van der Waals surface area contributed by atoms with Crippen molar-refractivity contribution in [2.75, 3.05) is 18.4 Å². The number of piperidine rings is 1. The number of nitrogens with zero attached hydrogens (tertiary/aromatic N) is 1. The van der Waals surface area contributed by atoms with Gasteiger partial charge in [-0.25, -0.2) is 4.39 Å². The fourth-order valence-electron chi connectivity index (χ4n) is 2.33. The summed E-state index contributed by atoms with van der Waals surface area (Å²) in [4.78, 5) is 3.95. The SMILES string of the molecule is C1CCNCC1.CC(Nc1ccncc1)c1ccc(F)cc1. The number of anilines is 1. The van der Waals surface area contributed by atoms with Crippen molar-refractivity contribution in [3.63, 3.8) is 0 Å². The van der Waals surface area contributed by atoms with Gasteiger partial charge in [0.05, 0.1) is 0 Å². The van der Waals surface area contributed by atoms with Gasteiger partial charge in [-0.15, -0.1) is 0 Å². The number of nitrogens with one attached hydrogen (secondary N) is 2. The number of hydrogen-bond acceptors (Lipinski definition) is 3. The van der Waals surface area contributed by atoms with Crippen LogP contribution < -0.4 is 10.6 Å². The largest absolute Gasteiger partial charge is 0.378 e. The zero-order chi connectivity index (χ0) is 15.6. The standard InChI is InChI=1S/C13H13FN2.C5H11N/c1-10(11-2-4-12(14)5-3-11)16-13-6-8-15-9-7-13;1-2-4-6-5-3-1/h2-10H,1H3,(H,15,16);6H,1-5H2. The van der Waals surface area contributed by atoms with E-state index >= 15 is 0 Å². The molecule has 3 nitrogen and oxygen atoms in total. The average molecular weight is 301 g/mol. The predicted molar refractivity (Wildman–Crippen MR) is 89.4 cm³/mol. The normalized spacial score (nSPS) is 15.4. The molecule has 1 aliphatic heterocycles. The quantitative estimate of drug-likeness (QED) is 0.894. The van der Waals surface area contributed by atoms with Crippen LogP contribution in [-0.2, 0) is 0 Å². The Morgan fingerprint density at radius 2 is 1.64 bits per heavy atom. The van der Waals surface area contributed by atoms with E-state index in [0.29, 0.717) is 0 Å². The van der Waals surface area contributed by atoms with Gasteiger partial charge < -0.3 is 10.6 Å². The van der Waals surface area contributed by atoms with Crippen LogP contribution in [0, 0.1) is 5.82 Å². The second-order valence-electron chi connectivity index (χ2n) is 5.46. The van der Waals surface area contributed by atoms with Crippen molar-refractivity contribution in [3.8, 4) is 0 Å². The molecule has 0 amide bonds. The van der Waals surface area contributed by atoms with Crippen LogP contribution in [-0.4, -0.2) is 18.1 Å². The Balaban J connectivity index is 0.000000246. The van der Waals surface area contributed by atoms with E-state index in [9.17, 15) is 4.39 Å². The lowest BCUT2D eigenvalue weighted by molar-refractivity contribution is 0.520. The maximum Gasteiger partial charge on any atom is 0.123 e. The van der Waals surface area contributed by atoms with Crippen LogP contribution in [0.4, 0.5) is 10.1 Å². The number of hydrogen-bond donors (Lipinski definition) is 2. The molecule has 1 aromatic carbocycles. The first-order valence-electron chi connectivity index (χ1n) is 7.88. The van der Waals surface area contributed by atoms with Crippen LogP contribution in [0.3, 0.4) is 0 Å². The Morgan fingerprint density at radius 1 is 1.00 bits per heavy atom. The molecule has 1 atom stereocenters. The predicted octanol–water partition coefficient (Wildman–Crippen LogP) is 4.15. The number of rotatable bonds is 3. The van der Waals surface area contributed by atoms with Crippen LogP contribution >= 0.6 is 0 Å². The van der Waals surface area contributed by atoms with Crippen molar-refractivity contribution in [3.05, 3.63) is 60.2 Å². The molecule has 2 heterocycles. The van der Waals surface area contributed by atoms with Gasteiger partial charge in [-0.1, -0.05) is 18.6 Å². The Morgan fingerprint density at radius 3 is 2.14 bits per heavy atom. The number of halogens is 1. The first kappa shape index (κ1) is 16.4. The van der Waals surface area contributed by atoms with Crippen molar-refractivity contribution in [1.29, 1.82) is 0 Å². The molecule has 118 valence electrons. The van der Waals surface area contributed by atoms with Crippen molar-refractivity contribution in [1.82, 2.24) is 10.3 Å². The summed E-state index contributed by atoms with van der Waals surface area (Å²) in [6.45, 7) is 4.54. The molecule has 1 saturated heterocycles. The van der Waals surface area contributed by atoms with Gasteiger partial charge >= 0.3 is 0 Å². The topological polar surface area (TPSA) is 37.0 Å². The lowest BCUT2D eigenvalue weighted by atomic mass is 10.1. The van der Waals surface area contributed by atoms with Crippen molar-refractivity contribution >= 4 is 5.69 Å². The highest BCUT2D eigenvalue weighted by Gasteiger charge is 2.04. The summed E-state index contributed by atoms with van der Waals surface area (Å²) in [6, 6.07) is 10.5. The van der Waals surface area contributed by atoms with E-state index < -0.39 is 0 Å². The number of aromatic nitrogens is 1. The van der Waals surface area contributed by atoms with Crippen molar-refractivity contribution in [2.24, 2.45) is 0 Å². The summed E-state index contributed by atoms with van der Waals surface area (Å²) in [5, 5.41) is 6.60. The van der Waals surface area contributed by atoms with Gasteiger partial charge in [0.1, 0.15) is 5.82 Å². The maximum absolute atomic E-state index is 12.7. The van der Waals surface area contributed by atoms with Gasteiger partial charge in [0.2, 0.25) is 0 Å². The third-order valence-electron chi connectivity index (χ3n) is 3.64. The minimum atomic E-state index is -0.208. The van der Waals surface area contributed by atoms with Gasteiger partial charge in [0.15, 0.2) is 0 Å². The van der Waals surface area contributed by atoms with Gasteiger partial charge in [0, 0.05) is 24.1 Å². The average Bonchev–Trinajstić information content (AvgIpc) is 2.58. The molecule has 22 heavy (non-hydrogen) atoms. The Labute approximate surface area is 132 Å². The molecule has 0 radical (unpaired) electrons. The first-order valence-corrected chi connectivity index (χ1v) is 7.88. The minimum absolute atomic E-state index is 0.142. The molecule has 0 bridgehead atoms. The van der Waals surface area contributed by atoms with Gasteiger partial charge in [-0.05, 0) is 62.7 Å². The lowest BCUT2D eigenvalue weighted by Gasteiger charge is -2.15. The number of pyridine rings is 1. The zero-order valence-electron chi connectivity index (χ0n) is 13.1. The molecular formula is C18H24FN3. The molecule has 0 saturated carbocycles. The molecule has 1 aliphatic rings. The van der Waals surface area contributed by atoms with E-state index in [1.54, 1.807) is 24.5 Å². The highest BCUT2D eigenvalue weighted by molar-refractivity contribution is 5.43. The van der Waals surface area contributed by atoms with E-state index in [1.807, 2.05) is 19.1 Å². The van der Waals surface area contributed by atoms with E-state index in [0.717, 1.165) is 11.3 Å². The fourth-order valence-corrected chi connectivity index (χ4v) is 2.33. The second-order valence-corrected chi connectivity index (χ2v) is 5.46. The van der Waals surface area contributed by atoms with Crippen LogP contribution in [0.5, 0.6) is 0 Å². The summed E-state index contributed by atoms with van der Waals surface area (Å²) < 4.78 is 12.7. The summed E-state index contributed by atoms with van der Waals surface area (Å²) in [5.41, 5.74) is 2.06. The molecule has 1 aromatic heterocycles. The fraction of sp³-hybridized carbons (Fsp3) is 0.389. The Hall–Kier alpha value is -1.94. The van der Waals surface area contributed by atoms with Crippen molar-refractivity contribution < 1.29 is 4.39 Å². The summed E-state index contributed by atoms with van der Waals surface area (Å²) in [6.07, 6.45) is 7.69. The molecular weight excluding hydrogens is 277 g/mol. The molecule has 0 spiro atoms. The molecule has 3 rings (SSSR count). The Bertz CT molecular complexity index is 512. The summed E-state index contributed by atoms with van der Waals surface area (Å²) in [5.74, 6) is -0.208. The number of benzene rings is 1. The maximum atomic E-state index is 12.7. The van der Waals surface area contributed by atoms with Crippen molar-refractivity contribution in [2.45, 2.75) is 32.2 Å². The van der Waals surface area contributed by atoms with Crippen LogP contribution in [0.15, 0.2) is 48.8 Å². The van der Waals surface area contributed by atoms with Gasteiger partial charge in [0.25, 0.3) is 0 Å². The van der Waals surface area contributed by atoms with Crippen LogP contribution in [0.25, 0.3) is 0 Å². The molecule has 2 N–H and O–H groups in total. The minimum Gasteiger partial charge on any atom is -0.378 e. The monoisotopic (exact) mass is 301 g/mol. The first-order chi connectivity index (χ1) is 10.8. The van der Waals surface area contributed by atoms with E-state index in [1.165, 1.54) is 44.5 Å². The third-order valence-corrected chi connectivity index (χ3v) is 3.64. The van der Waals surface area contributed by atoms with Gasteiger partial charge in [-0.3, -0.25) is 4.98 Å². The van der Waals surface area contributed by atoms with Gasteiger partial charge in [-0.2, -0.15) is 0 Å². The summed E-state index contributed by atoms with van der Waals surface area (Å²) in [7, 11) is 0. The smallest absolute Gasteiger partial charge is 0.123 e. The van der Waals surface area contributed by atoms with E-state index in [4.69, 9.17) is 0 Å². The molecule has 0 aliphatic carbocycles.